The van der Waals surface area contributed by atoms with Gasteiger partial charge in [-0.1, -0.05) is 19.9 Å². The van der Waals surface area contributed by atoms with E-state index in [4.69, 9.17) is 0 Å². The van der Waals surface area contributed by atoms with Gasteiger partial charge in [0.2, 0.25) is 0 Å². The number of rotatable bonds is 4. The fourth-order valence-electron chi connectivity index (χ4n) is 1.56. The normalized spacial score (nSPS) is 10.5. The van der Waals surface area contributed by atoms with Gasteiger partial charge in [-0.15, -0.1) is 6.58 Å². The molecule has 1 rings (SSSR count). The first-order chi connectivity index (χ1) is 7.90. The van der Waals surface area contributed by atoms with Crippen molar-refractivity contribution in [3.05, 3.63) is 29.8 Å². The molecule has 0 atom stereocenters. The van der Waals surface area contributed by atoms with Crippen molar-refractivity contribution < 1.29 is 20.1 Å². The molecule has 0 unspecified atom stereocenters. The Morgan fingerprint density at radius 2 is 1.94 bits per heavy atom. The first-order valence-electron chi connectivity index (χ1n) is 5.32. The second kappa shape index (κ2) is 4.91. The standard InChI is InChI=1S/C13H16O4/c1-4-5-8-9(14)6-10(15)11(13(8)17)12(16)7(2)3/h4,6-7,14-15,17H,1,5H2,2-3H3. The Bertz CT molecular complexity index is 461. The smallest absolute Gasteiger partial charge is 0.172 e. The predicted octanol–water partition coefficient (Wildman–Crippen LogP) is 2.37. The molecule has 0 spiro atoms. The van der Waals surface area contributed by atoms with Crippen LogP contribution in [0.3, 0.4) is 0 Å². The lowest BCUT2D eigenvalue weighted by molar-refractivity contribution is 0.0933. The van der Waals surface area contributed by atoms with Crippen molar-refractivity contribution in [1.29, 1.82) is 0 Å². The Kier molecular flexibility index (Phi) is 3.78. The predicted molar refractivity (Wildman–Crippen MR) is 64.5 cm³/mol. The largest absolute Gasteiger partial charge is 0.507 e. The van der Waals surface area contributed by atoms with Crippen LogP contribution in [0.1, 0.15) is 29.8 Å². The van der Waals surface area contributed by atoms with E-state index < -0.39 is 5.75 Å². The molecular formula is C13H16O4. The molecule has 92 valence electrons. The molecule has 0 heterocycles. The number of phenols is 3. The maximum Gasteiger partial charge on any atom is 0.172 e. The molecule has 0 saturated heterocycles. The zero-order valence-electron chi connectivity index (χ0n) is 9.90. The Hall–Kier alpha value is -1.97. The van der Waals surface area contributed by atoms with E-state index >= 15 is 0 Å². The van der Waals surface area contributed by atoms with Crippen molar-refractivity contribution in [1.82, 2.24) is 0 Å². The first kappa shape index (κ1) is 13.1. The Labute approximate surface area is 99.8 Å². The van der Waals surface area contributed by atoms with Crippen molar-refractivity contribution in [3.8, 4) is 17.2 Å². The highest BCUT2D eigenvalue weighted by Gasteiger charge is 2.23. The van der Waals surface area contributed by atoms with Crippen LogP contribution in [0.5, 0.6) is 17.2 Å². The average molecular weight is 236 g/mol. The van der Waals surface area contributed by atoms with Gasteiger partial charge < -0.3 is 15.3 Å². The van der Waals surface area contributed by atoms with Gasteiger partial charge in [0.05, 0.1) is 0 Å². The molecule has 4 heteroatoms. The Morgan fingerprint density at radius 1 is 1.35 bits per heavy atom. The van der Waals surface area contributed by atoms with E-state index in [1.165, 1.54) is 6.08 Å². The van der Waals surface area contributed by atoms with E-state index in [1.54, 1.807) is 13.8 Å². The van der Waals surface area contributed by atoms with Gasteiger partial charge >= 0.3 is 0 Å². The summed E-state index contributed by atoms with van der Waals surface area (Å²) in [5.41, 5.74) is 0.0523. The molecule has 0 amide bonds. The van der Waals surface area contributed by atoms with Crippen molar-refractivity contribution in [3.63, 3.8) is 0 Å². The van der Waals surface area contributed by atoms with E-state index in [0.29, 0.717) is 0 Å². The summed E-state index contributed by atoms with van der Waals surface area (Å²) in [6.45, 7) is 6.84. The highest BCUT2D eigenvalue weighted by atomic mass is 16.3. The van der Waals surface area contributed by atoms with Gasteiger partial charge in [0.15, 0.2) is 5.78 Å². The highest BCUT2D eigenvalue weighted by Crippen LogP contribution is 2.38. The van der Waals surface area contributed by atoms with Gasteiger partial charge in [0, 0.05) is 17.5 Å². The second-order valence-corrected chi connectivity index (χ2v) is 4.13. The fourth-order valence-corrected chi connectivity index (χ4v) is 1.56. The zero-order valence-corrected chi connectivity index (χ0v) is 9.90. The van der Waals surface area contributed by atoms with E-state index in [0.717, 1.165) is 6.07 Å². The van der Waals surface area contributed by atoms with Crippen LogP contribution in [0.15, 0.2) is 18.7 Å². The molecule has 17 heavy (non-hydrogen) atoms. The molecular weight excluding hydrogens is 220 g/mol. The van der Waals surface area contributed by atoms with E-state index in [9.17, 15) is 20.1 Å². The lowest BCUT2D eigenvalue weighted by atomic mass is 9.95. The molecule has 3 N–H and O–H groups in total. The van der Waals surface area contributed by atoms with Gasteiger partial charge in [-0.3, -0.25) is 4.79 Å². The average Bonchev–Trinajstić information content (AvgIpc) is 2.23. The van der Waals surface area contributed by atoms with Gasteiger partial charge in [-0.25, -0.2) is 0 Å². The van der Waals surface area contributed by atoms with Crippen LogP contribution in [0.25, 0.3) is 0 Å². The van der Waals surface area contributed by atoms with Gasteiger partial charge in [-0.2, -0.15) is 0 Å². The van der Waals surface area contributed by atoms with Crippen LogP contribution in [-0.2, 0) is 6.42 Å². The number of hydrogen-bond donors (Lipinski definition) is 3. The summed E-state index contributed by atoms with van der Waals surface area (Å²) < 4.78 is 0. The summed E-state index contributed by atoms with van der Waals surface area (Å²) in [5.74, 6) is -1.76. The third-order valence-corrected chi connectivity index (χ3v) is 2.48. The molecule has 0 aliphatic heterocycles. The lowest BCUT2D eigenvalue weighted by Gasteiger charge is -2.13. The number of benzene rings is 1. The van der Waals surface area contributed by atoms with Crippen molar-refractivity contribution in [2.75, 3.05) is 0 Å². The first-order valence-corrected chi connectivity index (χ1v) is 5.32. The molecule has 0 aliphatic carbocycles. The number of carbonyl (C=O) groups excluding carboxylic acids is 1. The van der Waals surface area contributed by atoms with Crippen LogP contribution in [0.2, 0.25) is 0 Å². The molecule has 0 saturated carbocycles. The van der Waals surface area contributed by atoms with Crippen LogP contribution in [0, 0.1) is 5.92 Å². The maximum absolute atomic E-state index is 11.8. The minimum atomic E-state index is -0.411. The fraction of sp³-hybridized carbons (Fsp3) is 0.308. The van der Waals surface area contributed by atoms with Gasteiger partial charge in [0.25, 0.3) is 0 Å². The summed E-state index contributed by atoms with van der Waals surface area (Å²) >= 11 is 0. The number of aromatic hydroxyl groups is 3. The van der Waals surface area contributed by atoms with Gasteiger partial charge in [-0.05, 0) is 6.42 Å². The molecule has 0 aliphatic rings. The molecule has 0 fully saturated rings. The minimum Gasteiger partial charge on any atom is -0.507 e. The number of ketones is 1. The van der Waals surface area contributed by atoms with Crippen LogP contribution in [-0.4, -0.2) is 21.1 Å². The minimum absolute atomic E-state index is 0.144. The van der Waals surface area contributed by atoms with Crippen LogP contribution >= 0.6 is 0 Å². The lowest BCUT2D eigenvalue weighted by Crippen LogP contribution is -2.09. The number of phenolic OH excluding ortho intramolecular Hbond substituents is 3. The number of allylic oxidation sites excluding steroid dienone is 1. The highest BCUT2D eigenvalue weighted by molar-refractivity contribution is 6.03. The number of Topliss-reactive ketones (excluding diaryl/α,β-unsaturated/α-hetero) is 1. The Morgan fingerprint density at radius 3 is 2.41 bits per heavy atom. The van der Waals surface area contributed by atoms with Crippen LogP contribution in [0.4, 0.5) is 0 Å². The monoisotopic (exact) mass is 236 g/mol. The topological polar surface area (TPSA) is 77.8 Å². The quantitative estimate of drug-likeness (QED) is 0.554. The third-order valence-electron chi connectivity index (χ3n) is 2.48. The van der Waals surface area contributed by atoms with E-state index in [2.05, 4.69) is 6.58 Å². The summed E-state index contributed by atoms with van der Waals surface area (Å²) in [4.78, 5) is 11.8. The summed E-state index contributed by atoms with van der Waals surface area (Å²) in [5, 5.41) is 29.1. The van der Waals surface area contributed by atoms with E-state index in [-0.39, 0.29) is 40.7 Å². The summed E-state index contributed by atoms with van der Waals surface area (Å²) in [7, 11) is 0. The second-order valence-electron chi connectivity index (χ2n) is 4.13. The third kappa shape index (κ3) is 2.41. The maximum atomic E-state index is 11.8. The zero-order chi connectivity index (χ0) is 13.2. The summed E-state index contributed by atoms with van der Waals surface area (Å²) in [6.07, 6.45) is 1.71. The number of hydrogen-bond acceptors (Lipinski definition) is 4. The molecule has 0 radical (unpaired) electrons. The Balaban J connectivity index is 3.45. The molecule has 1 aromatic rings. The number of carbonyl (C=O) groups is 1. The molecule has 0 aromatic heterocycles. The van der Waals surface area contributed by atoms with Crippen molar-refractivity contribution >= 4 is 5.78 Å². The van der Waals surface area contributed by atoms with Crippen molar-refractivity contribution in [2.24, 2.45) is 5.92 Å². The van der Waals surface area contributed by atoms with Gasteiger partial charge in [0.1, 0.15) is 22.8 Å². The van der Waals surface area contributed by atoms with Crippen LogP contribution < -0.4 is 0 Å². The summed E-state index contributed by atoms with van der Waals surface area (Å²) in [6, 6.07) is 1.06. The van der Waals surface area contributed by atoms with Crippen molar-refractivity contribution in [2.45, 2.75) is 20.3 Å². The molecule has 1 aromatic carbocycles. The molecule has 4 nitrogen and oxygen atoms in total. The SMILES string of the molecule is C=CCc1c(O)cc(O)c(C(=O)C(C)C)c1O. The van der Waals surface area contributed by atoms with E-state index in [1.807, 2.05) is 0 Å². The molecule has 0 bridgehead atoms.